The van der Waals surface area contributed by atoms with E-state index in [0.717, 1.165) is 173 Å². The zero-order valence-electron chi connectivity index (χ0n) is 69.6. The Morgan fingerprint density at radius 3 is 0.793 bits per heavy atom. The number of benzene rings is 8. The van der Waals surface area contributed by atoms with Gasteiger partial charge in [-0.1, -0.05) is 142 Å². The molecule has 0 fully saturated rings. The minimum atomic E-state index is 0.835. The number of aryl methyl sites for hydroxylation is 18. The molecule has 8 nitrogen and oxygen atoms in total. The quantitative estimate of drug-likeness (QED) is 0.113. The van der Waals surface area contributed by atoms with Gasteiger partial charge in [0.25, 0.3) is 0 Å². The fraction of sp³-hybridized carbons (Fsp3) is 0.167. The SMILES string of the molecule is Cc1cc(C)c(-c2c3nc(c(-c4c(C)cc(C)cc4C)c4ccc([nH]4)c(-c4c(C)cc(C)cc4C)c4nc(cc5[nH]c2cc5-c2cccc(C#Cc5ccc(-c6c7nc(c(-c8c(C)cc(C)cc8C)c8ccc([nH]8)c(-c8c(C)cc(C)cc8C)c8nc(c(-c9c(C)cc(C)cc9C)c9ccc6[nH]9)C=C8)C=C7)cc5)c2)C=C4)C=C3)c(C)c1. The number of hydrogen-bond acceptors (Lipinski definition) is 4. The van der Waals surface area contributed by atoms with Gasteiger partial charge in [0, 0.05) is 99.8 Å². The molecule has 116 heavy (non-hydrogen) atoms. The Balaban J connectivity index is 0.820. The van der Waals surface area contributed by atoms with Gasteiger partial charge in [0.05, 0.1) is 45.6 Å². The van der Waals surface area contributed by atoms with Crippen LogP contribution in [0.1, 0.15) is 157 Å². The summed E-state index contributed by atoms with van der Waals surface area (Å²) in [6.45, 7) is 39.8. The van der Waals surface area contributed by atoms with Crippen molar-refractivity contribution >= 4 is 92.7 Å². The maximum Gasteiger partial charge on any atom is 0.0737 e. The highest BCUT2D eigenvalue weighted by atomic mass is 14.8. The standard InChI is InChI=1S/C108H94N8/c1-57-42-63(7)96(64(8)43-57)103-83-29-28-79(109-83)55-94-80(56-95(116-94)108(101-73(17)52-62(6)53-74(101)18)93-41-40-92(115-93)107(89-35-34-84(103)112-89)100-71(15)50-61(5)51-72(100)16)78-21-19-20-76(54-78)23-22-75-24-26-77(27-25-75)102-81-30-32-85(110-81)104(97-65(9)44-58(2)45-66(97)10)87-36-38-90(113-87)106(99-69(13)48-60(4)49-70(99)14)91-39-37-88(114-91)105(86-33-31-82(102)111-86)98-67(11)46-59(3)47-68(98)12/h19-21,24-56,110,112,114,116H,1-18H3. The maximum atomic E-state index is 5.79. The molecule has 0 saturated heterocycles. The second-order valence-corrected chi connectivity index (χ2v) is 33.1. The molecule has 0 atom stereocenters. The minimum absolute atomic E-state index is 0.835. The largest absolute Gasteiger partial charge is 0.354 e. The van der Waals surface area contributed by atoms with Gasteiger partial charge in [-0.25, -0.2) is 19.9 Å². The molecule has 14 aromatic rings. The Hall–Kier alpha value is -13.5. The molecule has 566 valence electrons. The molecule has 6 aromatic heterocycles. The van der Waals surface area contributed by atoms with Crippen molar-refractivity contribution in [3.05, 3.63) is 327 Å². The lowest BCUT2D eigenvalue weighted by Gasteiger charge is -2.14. The lowest BCUT2D eigenvalue weighted by atomic mass is 9.92. The molecular weight excluding hydrogens is 1410 g/mol. The van der Waals surface area contributed by atoms with E-state index in [1.54, 1.807) is 0 Å². The number of aromatic nitrogens is 8. The molecule has 4 aliphatic rings. The van der Waals surface area contributed by atoms with Crippen LogP contribution in [0.25, 0.3) is 182 Å². The van der Waals surface area contributed by atoms with Crippen molar-refractivity contribution < 1.29 is 0 Å². The summed E-state index contributed by atoms with van der Waals surface area (Å²) in [5, 5.41) is 0. The minimum Gasteiger partial charge on any atom is -0.354 e. The first-order chi connectivity index (χ1) is 55.8. The maximum absolute atomic E-state index is 5.79. The lowest BCUT2D eigenvalue weighted by Crippen LogP contribution is -1.96. The smallest absolute Gasteiger partial charge is 0.0737 e. The zero-order chi connectivity index (χ0) is 80.5. The van der Waals surface area contributed by atoms with E-state index in [2.05, 4.69) is 375 Å². The predicted octanol–water partition coefficient (Wildman–Crippen LogP) is 27.9. The van der Waals surface area contributed by atoms with Crippen molar-refractivity contribution in [1.82, 2.24) is 39.9 Å². The lowest BCUT2D eigenvalue weighted by molar-refractivity contribution is 1.27. The predicted molar refractivity (Wildman–Crippen MR) is 492 cm³/mol. The molecule has 0 unspecified atom stereocenters. The molecule has 0 aliphatic carbocycles. The summed E-state index contributed by atoms with van der Waals surface area (Å²) < 4.78 is 0. The first-order valence-electron chi connectivity index (χ1n) is 40.4. The van der Waals surface area contributed by atoms with E-state index in [1.165, 1.54) is 117 Å². The Bertz CT molecular complexity index is 7010. The van der Waals surface area contributed by atoms with E-state index >= 15 is 0 Å². The third-order valence-electron chi connectivity index (χ3n) is 23.7. The molecule has 10 heterocycles. The number of fused-ring (bicyclic) bond motifs is 16. The van der Waals surface area contributed by atoms with Crippen LogP contribution in [-0.2, 0) is 0 Å². The fourth-order valence-corrected chi connectivity index (χ4v) is 19.6. The first kappa shape index (κ1) is 74.0. The molecule has 18 rings (SSSR count). The van der Waals surface area contributed by atoms with Gasteiger partial charge in [-0.2, -0.15) is 0 Å². The van der Waals surface area contributed by atoms with Crippen LogP contribution in [0.2, 0.25) is 0 Å². The summed E-state index contributed by atoms with van der Waals surface area (Å²) in [4.78, 5) is 39.0. The molecule has 0 spiro atoms. The van der Waals surface area contributed by atoms with E-state index in [9.17, 15) is 0 Å². The van der Waals surface area contributed by atoms with Crippen molar-refractivity contribution in [2.24, 2.45) is 0 Å². The molecule has 8 heteroatoms. The summed E-state index contributed by atoms with van der Waals surface area (Å²) >= 11 is 0. The van der Waals surface area contributed by atoms with E-state index in [0.29, 0.717) is 0 Å². The summed E-state index contributed by atoms with van der Waals surface area (Å²) in [5.41, 5.74) is 55.3. The summed E-state index contributed by atoms with van der Waals surface area (Å²) in [6, 6.07) is 62.7. The van der Waals surface area contributed by atoms with Crippen LogP contribution in [0.4, 0.5) is 0 Å². The topological polar surface area (TPSA) is 115 Å². The van der Waals surface area contributed by atoms with E-state index in [1.807, 2.05) is 0 Å². The number of hydrogen-bond donors (Lipinski definition) is 4. The second kappa shape index (κ2) is 28.9. The van der Waals surface area contributed by atoms with Gasteiger partial charge in [0.15, 0.2) is 0 Å². The van der Waals surface area contributed by atoms with Gasteiger partial charge in [-0.15, -0.1) is 0 Å². The average molecular weight is 1500 g/mol. The highest BCUT2D eigenvalue weighted by Gasteiger charge is 2.27. The summed E-state index contributed by atoms with van der Waals surface area (Å²) in [6.07, 6.45) is 17.6. The molecule has 4 N–H and O–H groups in total. The highest BCUT2D eigenvalue weighted by Crippen LogP contribution is 2.47. The molecule has 8 aromatic carbocycles. The van der Waals surface area contributed by atoms with Crippen LogP contribution in [0.5, 0.6) is 0 Å². The van der Waals surface area contributed by atoms with Crippen LogP contribution >= 0.6 is 0 Å². The Morgan fingerprint density at radius 1 is 0.198 bits per heavy atom. The number of aromatic amines is 4. The Morgan fingerprint density at radius 2 is 0.466 bits per heavy atom. The van der Waals surface area contributed by atoms with E-state index in [4.69, 9.17) is 19.9 Å². The zero-order valence-corrected chi connectivity index (χ0v) is 69.6. The fourth-order valence-electron chi connectivity index (χ4n) is 19.6. The van der Waals surface area contributed by atoms with Gasteiger partial charge in [0.2, 0.25) is 0 Å². The molecule has 4 aliphatic heterocycles. The summed E-state index contributed by atoms with van der Waals surface area (Å²) in [5.74, 6) is 7.27. The molecule has 0 saturated carbocycles. The molecular formula is C108H94N8. The molecule has 0 radical (unpaired) electrons. The molecule has 16 bridgehead atoms. The van der Waals surface area contributed by atoms with Crippen molar-refractivity contribution in [1.29, 1.82) is 0 Å². The first-order valence-corrected chi connectivity index (χ1v) is 40.4. The van der Waals surface area contributed by atoms with Crippen molar-refractivity contribution in [3.63, 3.8) is 0 Å². The van der Waals surface area contributed by atoms with Crippen LogP contribution in [0, 0.1) is 136 Å². The van der Waals surface area contributed by atoms with Crippen molar-refractivity contribution in [2.75, 3.05) is 0 Å². The van der Waals surface area contributed by atoms with Crippen LogP contribution in [0.3, 0.4) is 0 Å². The Kier molecular flexibility index (Phi) is 18.4. The number of rotatable bonds is 8. The van der Waals surface area contributed by atoms with Gasteiger partial charge in [0.1, 0.15) is 0 Å². The Labute approximate surface area is 680 Å². The molecule has 0 amide bonds. The van der Waals surface area contributed by atoms with Gasteiger partial charge in [-0.05, 0) is 357 Å². The highest BCUT2D eigenvalue weighted by molar-refractivity contribution is 6.05. The number of H-pyrrole nitrogens is 4. The van der Waals surface area contributed by atoms with Gasteiger partial charge >= 0.3 is 0 Å². The third-order valence-corrected chi connectivity index (χ3v) is 23.7. The van der Waals surface area contributed by atoms with Crippen LogP contribution in [0.15, 0.2) is 170 Å². The number of nitrogens with zero attached hydrogens (tertiary/aromatic N) is 4. The normalized spacial score (nSPS) is 12.2. The van der Waals surface area contributed by atoms with Crippen molar-refractivity contribution in [3.8, 4) is 101 Å². The van der Waals surface area contributed by atoms with Crippen LogP contribution < -0.4 is 0 Å². The van der Waals surface area contributed by atoms with Crippen LogP contribution in [-0.4, -0.2) is 39.9 Å². The average Bonchev–Trinajstić information content (AvgIpc) is 1.60. The van der Waals surface area contributed by atoms with Crippen molar-refractivity contribution in [2.45, 2.75) is 125 Å². The number of nitrogens with one attached hydrogen (secondary N) is 4. The second-order valence-electron chi connectivity index (χ2n) is 33.1. The van der Waals surface area contributed by atoms with E-state index < -0.39 is 0 Å². The third kappa shape index (κ3) is 13.2. The summed E-state index contributed by atoms with van der Waals surface area (Å²) in [7, 11) is 0. The monoisotopic (exact) mass is 1500 g/mol. The van der Waals surface area contributed by atoms with E-state index in [-0.39, 0.29) is 0 Å². The van der Waals surface area contributed by atoms with Gasteiger partial charge in [-0.3, -0.25) is 0 Å². The van der Waals surface area contributed by atoms with Gasteiger partial charge < -0.3 is 19.9 Å².